The van der Waals surface area contributed by atoms with E-state index < -0.39 is 0 Å². The Morgan fingerprint density at radius 1 is 0.565 bits per heavy atom. The van der Waals surface area contributed by atoms with Crippen LogP contribution in [0, 0.1) is 5.92 Å². The van der Waals surface area contributed by atoms with Gasteiger partial charge in [0.2, 0.25) is 0 Å². The van der Waals surface area contributed by atoms with E-state index in [9.17, 15) is 0 Å². The van der Waals surface area contributed by atoms with Crippen LogP contribution in [-0.4, -0.2) is 32.2 Å². The minimum absolute atomic E-state index is 0. The van der Waals surface area contributed by atoms with Crippen LogP contribution in [-0.2, 0) is 0 Å². The Bertz CT molecular complexity index is 206. The number of nitrogens with zero attached hydrogens (tertiary/aromatic N) is 1. The maximum absolute atomic E-state index is 2.36. The maximum Gasteiger partial charge on any atom is 0.0809 e. The summed E-state index contributed by atoms with van der Waals surface area (Å²) in [6, 6.07) is 0. The van der Waals surface area contributed by atoms with Gasteiger partial charge in [0.15, 0.2) is 0 Å². The molecular weight excluding hydrogens is 346 g/mol. The average Bonchev–Trinajstić information content (AvgIpc) is 2.44. The van der Waals surface area contributed by atoms with Gasteiger partial charge in [0.05, 0.1) is 27.7 Å². The molecule has 0 aromatic carbocycles. The zero-order chi connectivity index (χ0) is 16.7. The van der Waals surface area contributed by atoms with Crippen LogP contribution in [0.1, 0.15) is 104 Å². The zero-order valence-corrected chi connectivity index (χ0v) is 18.6. The van der Waals surface area contributed by atoms with E-state index in [1.807, 2.05) is 0 Å². The standard InChI is InChI=1S/C21H46N.BrH/c1-6-8-10-12-14-16-18-21(20-22(3,4)5)19-17-15-13-11-9-7-2;/h21H,6-20H2,1-5H3;1H/q+1;/p-1. The van der Waals surface area contributed by atoms with Gasteiger partial charge in [-0.15, -0.1) is 0 Å². The van der Waals surface area contributed by atoms with Gasteiger partial charge in [-0.1, -0.05) is 90.9 Å². The van der Waals surface area contributed by atoms with Crippen molar-refractivity contribution in [2.75, 3.05) is 27.7 Å². The second-order valence-corrected chi connectivity index (χ2v) is 8.45. The second kappa shape index (κ2) is 17.3. The first-order chi connectivity index (χ1) is 10.5. The summed E-state index contributed by atoms with van der Waals surface area (Å²) in [6.07, 6.45) is 20.2. The van der Waals surface area contributed by atoms with Gasteiger partial charge in [-0.3, -0.25) is 0 Å². The SMILES string of the molecule is CCCCCCCCC(CCCCCCCC)C[N+](C)(C)C.[Br-]. The van der Waals surface area contributed by atoms with Gasteiger partial charge in [0, 0.05) is 5.92 Å². The maximum atomic E-state index is 2.36. The Kier molecular flexibility index (Phi) is 19.3. The molecule has 0 spiro atoms. The topological polar surface area (TPSA) is 0 Å². The largest absolute Gasteiger partial charge is 1.00 e. The van der Waals surface area contributed by atoms with Gasteiger partial charge in [-0.05, 0) is 12.8 Å². The predicted octanol–water partition coefficient (Wildman–Crippen LogP) is 3.81. The monoisotopic (exact) mass is 391 g/mol. The lowest BCUT2D eigenvalue weighted by atomic mass is 9.93. The van der Waals surface area contributed by atoms with Crippen LogP contribution >= 0.6 is 0 Å². The Labute approximate surface area is 159 Å². The number of unbranched alkanes of at least 4 members (excludes halogenated alkanes) is 10. The van der Waals surface area contributed by atoms with Crippen molar-refractivity contribution in [1.29, 1.82) is 0 Å². The Morgan fingerprint density at radius 2 is 0.913 bits per heavy atom. The van der Waals surface area contributed by atoms with Gasteiger partial charge in [0.25, 0.3) is 0 Å². The molecule has 0 unspecified atom stereocenters. The first kappa shape index (κ1) is 25.7. The highest BCUT2D eigenvalue weighted by atomic mass is 79.9. The van der Waals surface area contributed by atoms with Crippen LogP contribution < -0.4 is 17.0 Å². The van der Waals surface area contributed by atoms with Crippen molar-refractivity contribution < 1.29 is 21.5 Å². The highest BCUT2D eigenvalue weighted by Gasteiger charge is 2.17. The second-order valence-electron chi connectivity index (χ2n) is 8.45. The smallest absolute Gasteiger partial charge is 0.0809 e. The summed E-state index contributed by atoms with van der Waals surface area (Å²) in [5.74, 6) is 0.956. The molecule has 23 heavy (non-hydrogen) atoms. The van der Waals surface area contributed by atoms with Crippen LogP contribution in [0.2, 0.25) is 0 Å². The van der Waals surface area contributed by atoms with Crippen molar-refractivity contribution in [2.45, 2.75) is 104 Å². The van der Waals surface area contributed by atoms with E-state index in [2.05, 4.69) is 35.0 Å². The van der Waals surface area contributed by atoms with Crippen molar-refractivity contribution in [1.82, 2.24) is 0 Å². The van der Waals surface area contributed by atoms with E-state index in [0.29, 0.717) is 0 Å². The molecule has 0 aromatic heterocycles. The molecule has 0 aliphatic rings. The van der Waals surface area contributed by atoms with Gasteiger partial charge in [0.1, 0.15) is 0 Å². The number of halogens is 1. The minimum atomic E-state index is 0. The summed E-state index contributed by atoms with van der Waals surface area (Å²) < 4.78 is 1.14. The molecule has 0 amide bonds. The average molecular weight is 393 g/mol. The lowest BCUT2D eigenvalue weighted by Crippen LogP contribution is -3.00. The lowest BCUT2D eigenvalue weighted by molar-refractivity contribution is -0.874. The van der Waals surface area contributed by atoms with E-state index in [1.165, 1.54) is 96.4 Å². The molecule has 0 rings (SSSR count). The summed E-state index contributed by atoms with van der Waals surface area (Å²) >= 11 is 0. The molecule has 0 aliphatic heterocycles. The molecule has 1 nitrogen and oxygen atoms in total. The minimum Gasteiger partial charge on any atom is -1.00 e. The van der Waals surface area contributed by atoms with Crippen molar-refractivity contribution >= 4 is 0 Å². The van der Waals surface area contributed by atoms with Crippen LogP contribution in [0.15, 0.2) is 0 Å². The van der Waals surface area contributed by atoms with Crippen LogP contribution in [0.4, 0.5) is 0 Å². The van der Waals surface area contributed by atoms with E-state index >= 15 is 0 Å². The number of hydrogen-bond acceptors (Lipinski definition) is 0. The van der Waals surface area contributed by atoms with Crippen molar-refractivity contribution in [2.24, 2.45) is 5.92 Å². The Balaban J connectivity index is 0. The van der Waals surface area contributed by atoms with Crippen molar-refractivity contribution in [3.63, 3.8) is 0 Å². The quantitative estimate of drug-likeness (QED) is 0.277. The molecule has 0 aromatic rings. The molecule has 0 saturated heterocycles. The highest BCUT2D eigenvalue weighted by molar-refractivity contribution is 4.60. The fourth-order valence-electron chi connectivity index (χ4n) is 3.53. The number of hydrogen-bond donors (Lipinski definition) is 0. The van der Waals surface area contributed by atoms with E-state index in [0.717, 1.165) is 10.4 Å². The summed E-state index contributed by atoms with van der Waals surface area (Å²) in [5.41, 5.74) is 0. The molecule has 0 atom stereocenters. The molecule has 0 bridgehead atoms. The van der Waals surface area contributed by atoms with E-state index in [1.54, 1.807) is 0 Å². The van der Waals surface area contributed by atoms with E-state index in [4.69, 9.17) is 0 Å². The molecule has 0 heterocycles. The fraction of sp³-hybridized carbons (Fsp3) is 1.00. The van der Waals surface area contributed by atoms with Gasteiger partial charge < -0.3 is 21.5 Å². The third-order valence-corrected chi connectivity index (χ3v) is 4.74. The Morgan fingerprint density at radius 3 is 1.26 bits per heavy atom. The zero-order valence-electron chi connectivity index (χ0n) is 17.0. The molecule has 2 heteroatoms. The van der Waals surface area contributed by atoms with Gasteiger partial charge in [-0.2, -0.15) is 0 Å². The third kappa shape index (κ3) is 20.4. The van der Waals surface area contributed by atoms with Crippen LogP contribution in [0.25, 0.3) is 0 Å². The first-order valence-corrected chi connectivity index (χ1v) is 10.3. The predicted molar refractivity (Wildman–Crippen MR) is 102 cm³/mol. The van der Waals surface area contributed by atoms with Crippen LogP contribution in [0.3, 0.4) is 0 Å². The van der Waals surface area contributed by atoms with Crippen molar-refractivity contribution in [3.05, 3.63) is 0 Å². The number of rotatable bonds is 16. The Hall–Kier alpha value is 0.440. The normalized spacial score (nSPS) is 11.7. The van der Waals surface area contributed by atoms with Crippen molar-refractivity contribution in [3.8, 4) is 0 Å². The van der Waals surface area contributed by atoms with Gasteiger partial charge in [-0.25, -0.2) is 0 Å². The summed E-state index contributed by atoms with van der Waals surface area (Å²) in [4.78, 5) is 0. The van der Waals surface area contributed by atoms with Gasteiger partial charge >= 0.3 is 0 Å². The molecule has 0 radical (unpaired) electrons. The van der Waals surface area contributed by atoms with Crippen LogP contribution in [0.5, 0.6) is 0 Å². The summed E-state index contributed by atoms with van der Waals surface area (Å²) in [6.45, 7) is 5.97. The lowest BCUT2D eigenvalue weighted by Gasteiger charge is -2.29. The number of quaternary nitrogens is 1. The van der Waals surface area contributed by atoms with E-state index in [-0.39, 0.29) is 17.0 Å². The highest BCUT2D eigenvalue weighted by Crippen LogP contribution is 2.21. The molecular formula is C21H46BrN. The molecule has 0 aliphatic carbocycles. The molecule has 0 fully saturated rings. The summed E-state index contributed by atoms with van der Waals surface area (Å²) in [7, 11) is 7.07. The molecule has 0 N–H and O–H groups in total. The summed E-state index contributed by atoms with van der Waals surface area (Å²) in [5, 5.41) is 0. The fourth-order valence-corrected chi connectivity index (χ4v) is 3.53. The molecule has 0 saturated carbocycles. The third-order valence-electron chi connectivity index (χ3n) is 4.74. The first-order valence-electron chi connectivity index (χ1n) is 10.3. The molecule has 142 valence electrons.